The molecule has 0 aliphatic carbocycles. The molecule has 10 rings (SSSR count). The van der Waals surface area contributed by atoms with Crippen LogP contribution >= 0.6 is 0 Å². The van der Waals surface area contributed by atoms with Crippen LogP contribution in [0.15, 0.2) is 122 Å². The van der Waals surface area contributed by atoms with Crippen molar-refractivity contribution in [2.45, 2.75) is 79.1 Å². The largest absolute Gasteiger partial charge is 0.454 e. The molecule has 4 aromatic carbocycles. The standard InChI is InChI=1S/C52H48N6O/c1-29(2)37-11-9-12-38(30(3)4)47(37)33-15-17-45-41(23-33)49-43(51-53-19-21-57(45)51)25-35(27-55-49)59-36-26-44-50(56-28-36)42-24-34(16-18-46(42)58-22-20-54-52(44)58)48-39(31(5)6)13-10-14-40(48)32(7)8/h9-32H,1-8H3. The quantitative estimate of drug-likeness (QED) is 0.144. The van der Waals surface area contributed by atoms with E-state index in [9.17, 15) is 0 Å². The van der Waals surface area contributed by atoms with E-state index >= 15 is 0 Å². The van der Waals surface area contributed by atoms with E-state index in [0.29, 0.717) is 35.2 Å². The minimum absolute atomic E-state index is 0.389. The highest BCUT2D eigenvalue weighted by Crippen LogP contribution is 2.42. The Bertz CT molecular complexity index is 3010. The molecule has 0 saturated heterocycles. The summed E-state index contributed by atoms with van der Waals surface area (Å²) in [5, 5.41) is 3.98. The molecular weight excluding hydrogens is 725 g/mol. The second kappa shape index (κ2) is 14.0. The molecule has 7 nitrogen and oxygen atoms in total. The van der Waals surface area contributed by atoms with Gasteiger partial charge in [-0.15, -0.1) is 0 Å². The maximum Gasteiger partial charge on any atom is 0.146 e. The molecule has 0 amide bonds. The van der Waals surface area contributed by atoms with E-state index in [4.69, 9.17) is 24.7 Å². The highest BCUT2D eigenvalue weighted by molar-refractivity contribution is 6.12. The van der Waals surface area contributed by atoms with Crippen LogP contribution in [0.5, 0.6) is 11.5 Å². The van der Waals surface area contributed by atoms with E-state index in [1.807, 2.05) is 37.2 Å². The zero-order chi connectivity index (χ0) is 40.7. The van der Waals surface area contributed by atoms with Crippen molar-refractivity contribution >= 4 is 54.9 Å². The number of hydrogen-bond acceptors (Lipinski definition) is 5. The SMILES string of the molecule is CC(C)c1cccc(C(C)C)c1-c1ccc2c(c1)c1ncc(Oc3cnc4c5cc(-c6c(C(C)C)cccc6C(C)C)ccc5n5ccnc5c4c3)cc1c1nccn21. The summed E-state index contributed by atoms with van der Waals surface area (Å²) in [6, 6.07) is 31.1. The van der Waals surface area contributed by atoms with Gasteiger partial charge in [0.05, 0.1) is 34.5 Å². The number of rotatable bonds is 8. The summed E-state index contributed by atoms with van der Waals surface area (Å²) < 4.78 is 10.9. The van der Waals surface area contributed by atoms with E-state index < -0.39 is 0 Å². The zero-order valence-electron chi connectivity index (χ0n) is 34.9. The highest BCUT2D eigenvalue weighted by atomic mass is 16.5. The second-order valence-electron chi connectivity index (χ2n) is 17.2. The van der Waals surface area contributed by atoms with Crippen LogP contribution in [0.2, 0.25) is 0 Å². The fourth-order valence-electron chi connectivity index (χ4n) is 9.25. The van der Waals surface area contributed by atoms with Crippen LogP contribution in [0.4, 0.5) is 0 Å². The Morgan fingerprint density at radius 3 is 1.20 bits per heavy atom. The molecule has 0 spiro atoms. The molecule has 0 radical (unpaired) electrons. The normalized spacial score (nSPS) is 12.3. The van der Waals surface area contributed by atoms with Crippen molar-refractivity contribution in [1.82, 2.24) is 28.7 Å². The molecule has 0 aliphatic heterocycles. The number of fused-ring (bicyclic) bond motifs is 12. The number of imidazole rings is 2. The summed E-state index contributed by atoms with van der Waals surface area (Å²) in [6.07, 6.45) is 11.4. The topological polar surface area (TPSA) is 69.6 Å². The van der Waals surface area contributed by atoms with Gasteiger partial charge in [0.25, 0.3) is 0 Å². The van der Waals surface area contributed by atoms with Gasteiger partial charge in [-0.3, -0.25) is 18.8 Å². The van der Waals surface area contributed by atoms with E-state index in [1.54, 1.807) is 0 Å². The maximum absolute atomic E-state index is 6.62. The monoisotopic (exact) mass is 772 g/mol. The second-order valence-corrected chi connectivity index (χ2v) is 17.2. The van der Waals surface area contributed by atoms with Gasteiger partial charge in [-0.25, -0.2) is 9.97 Å². The molecule has 0 fully saturated rings. The Morgan fingerprint density at radius 1 is 0.441 bits per heavy atom. The molecular formula is C52H48N6O. The molecule has 0 unspecified atom stereocenters. The molecule has 0 bridgehead atoms. The Kier molecular flexibility index (Phi) is 8.74. The van der Waals surface area contributed by atoms with Crippen LogP contribution in [0, 0.1) is 0 Å². The van der Waals surface area contributed by atoms with Crippen LogP contribution in [0.3, 0.4) is 0 Å². The number of pyridine rings is 4. The fourth-order valence-corrected chi connectivity index (χ4v) is 9.25. The fraction of sp³-hybridized carbons (Fsp3) is 0.231. The number of nitrogens with zero attached hydrogens (tertiary/aromatic N) is 6. The molecule has 0 atom stereocenters. The van der Waals surface area contributed by atoms with E-state index in [2.05, 4.69) is 149 Å². The van der Waals surface area contributed by atoms with Crippen LogP contribution in [0.25, 0.3) is 77.2 Å². The molecule has 0 saturated carbocycles. The predicted octanol–water partition coefficient (Wildman–Crippen LogP) is 14.0. The van der Waals surface area contributed by atoms with Crippen molar-refractivity contribution in [2.24, 2.45) is 0 Å². The minimum atomic E-state index is 0.389. The number of ether oxygens (including phenoxy) is 1. The molecule has 292 valence electrons. The molecule has 10 aromatic rings. The average Bonchev–Trinajstić information content (AvgIpc) is 3.95. The Morgan fingerprint density at radius 2 is 0.831 bits per heavy atom. The van der Waals surface area contributed by atoms with Gasteiger partial charge < -0.3 is 4.74 Å². The smallest absolute Gasteiger partial charge is 0.146 e. The van der Waals surface area contributed by atoms with Gasteiger partial charge in [-0.1, -0.05) is 104 Å². The summed E-state index contributed by atoms with van der Waals surface area (Å²) in [7, 11) is 0. The summed E-state index contributed by atoms with van der Waals surface area (Å²) in [4.78, 5) is 19.8. The Hall–Kier alpha value is -6.60. The zero-order valence-corrected chi connectivity index (χ0v) is 34.9. The number of benzene rings is 4. The first-order chi connectivity index (χ1) is 28.6. The van der Waals surface area contributed by atoms with Crippen molar-refractivity contribution in [3.05, 3.63) is 144 Å². The predicted molar refractivity (Wildman–Crippen MR) is 243 cm³/mol. The van der Waals surface area contributed by atoms with Crippen molar-refractivity contribution in [3.63, 3.8) is 0 Å². The number of hydrogen-bond donors (Lipinski definition) is 0. The molecule has 6 heterocycles. The lowest BCUT2D eigenvalue weighted by Gasteiger charge is -2.20. The van der Waals surface area contributed by atoms with Gasteiger partial charge in [-0.05, 0) is 105 Å². The van der Waals surface area contributed by atoms with E-state index in [1.165, 1.54) is 44.5 Å². The van der Waals surface area contributed by atoms with Gasteiger partial charge in [0.2, 0.25) is 0 Å². The molecule has 0 N–H and O–H groups in total. The summed E-state index contributed by atoms with van der Waals surface area (Å²) >= 11 is 0. The lowest BCUT2D eigenvalue weighted by Crippen LogP contribution is -2.00. The molecule has 59 heavy (non-hydrogen) atoms. The highest BCUT2D eigenvalue weighted by Gasteiger charge is 2.21. The lowest BCUT2D eigenvalue weighted by atomic mass is 9.84. The summed E-state index contributed by atoms with van der Waals surface area (Å²) in [6.45, 7) is 18.2. The van der Waals surface area contributed by atoms with E-state index in [-0.39, 0.29) is 0 Å². The van der Waals surface area contributed by atoms with Crippen molar-refractivity contribution in [3.8, 4) is 33.8 Å². The maximum atomic E-state index is 6.62. The van der Waals surface area contributed by atoms with Crippen molar-refractivity contribution in [1.29, 1.82) is 0 Å². The molecule has 6 aromatic heterocycles. The minimum Gasteiger partial charge on any atom is -0.454 e. The van der Waals surface area contributed by atoms with Gasteiger partial charge in [-0.2, -0.15) is 0 Å². The van der Waals surface area contributed by atoms with Crippen LogP contribution < -0.4 is 4.74 Å². The van der Waals surface area contributed by atoms with Crippen molar-refractivity contribution < 1.29 is 4.74 Å². The first-order valence-electron chi connectivity index (χ1n) is 20.9. The summed E-state index contributed by atoms with van der Waals surface area (Å²) in [5.74, 6) is 2.78. The third-order valence-corrected chi connectivity index (χ3v) is 12.1. The van der Waals surface area contributed by atoms with Crippen molar-refractivity contribution in [2.75, 3.05) is 0 Å². The third kappa shape index (κ3) is 5.93. The number of aromatic nitrogens is 6. The lowest BCUT2D eigenvalue weighted by molar-refractivity contribution is 0.480. The third-order valence-electron chi connectivity index (χ3n) is 12.1. The van der Waals surface area contributed by atoms with E-state index in [0.717, 1.165) is 54.9 Å². The molecule has 7 heteroatoms. The first kappa shape index (κ1) is 36.7. The van der Waals surface area contributed by atoms with Crippen LogP contribution in [0.1, 0.15) is 101 Å². The van der Waals surface area contributed by atoms with Crippen LogP contribution in [-0.4, -0.2) is 28.7 Å². The summed E-state index contributed by atoms with van der Waals surface area (Å²) in [5.41, 5.74) is 16.0. The Balaban J connectivity index is 1.10. The van der Waals surface area contributed by atoms with Crippen LogP contribution in [-0.2, 0) is 0 Å². The Labute approximate surface area is 344 Å². The van der Waals surface area contributed by atoms with Gasteiger partial charge in [0.1, 0.15) is 22.8 Å². The average molecular weight is 773 g/mol. The molecule has 0 aliphatic rings. The van der Waals surface area contributed by atoms with Gasteiger partial charge in [0, 0.05) is 46.3 Å². The first-order valence-corrected chi connectivity index (χ1v) is 20.9. The van der Waals surface area contributed by atoms with Gasteiger partial charge >= 0.3 is 0 Å². The van der Waals surface area contributed by atoms with Gasteiger partial charge in [0.15, 0.2) is 0 Å².